The van der Waals surface area contributed by atoms with Gasteiger partial charge in [0.25, 0.3) is 23.6 Å². The third-order valence-corrected chi connectivity index (χ3v) is 14.5. The van der Waals surface area contributed by atoms with E-state index in [1.165, 1.54) is 13.8 Å². The molecule has 0 saturated heterocycles. The monoisotopic (exact) mass is 1070 g/mol. The minimum Gasteiger partial charge on any atom is -0.457 e. The number of rotatable bonds is 13. The number of fused-ring (bicyclic) bond motifs is 2. The lowest BCUT2D eigenvalue weighted by Crippen LogP contribution is -2.55. The van der Waals surface area contributed by atoms with E-state index in [0.29, 0.717) is 65.2 Å². The van der Waals surface area contributed by atoms with Crippen LogP contribution in [0.1, 0.15) is 124 Å². The van der Waals surface area contributed by atoms with Crippen LogP contribution in [0.15, 0.2) is 133 Å². The molecule has 0 unspecified atom stereocenters. The molecule has 76 heavy (non-hydrogen) atoms. The second-order valence-electron chi connectivity index (χ2n) is 19.6. The lowest BCUT2D eigenvalue weighted by atomic mass is 9.71. The maximum Gasteiger partial charge on any atom is 0.411 e. The van der Waals surface area contributed by atoms with E-state index < -0.39 is 109 Å². The zero-order valence-corrected chi connectivity index (χ0v) is 41.0. The molecular formula is C56H44F12N2O6. The van der Waals surface area contributed by atoms with Gasteiger partial charge < -0.3 is 9.47 Å². The van der Waals surface area contributed by atoms with Gasteiger partial charge in [-0.3, -0.25) is 24.1 Å². The Balaban J connectivity index is 1.04. The first-order chi connectivity index (χ1) is 35.3. The van der Waals surface area contributed by atoms with Crippen molar-refractivity contribution < 1.29 is 81.3 Å². The van der Waals surface area contributed by atoms with Crippen molar-refractivity contribution in [3.05, 3.63) is 184 Å². The van der Waals surface area contributed by atoms with Gasteiger partial charge in [-0.25, -0.2) is 4.90 Å². The molecular weight excluding hydrogens is 1020 g/mol. The number of imide groups is 2. The first kappa shape index (κ1) is 54.6. The van der Waals surface area contributed by atoms with Gasteiger partial charge in [-0.05, 0) is 145 Å². The number of anilines is 1. The summed E-state index contributed by atoms with van der Waals surface area (Å²) in [6.07, 6.45) is -23.2. The van der Waals surface area contributed by atoms with E-state index in [9.17, 15) is 19.2 Å². The van der Waals surface area contributed by atoms with E-state index in [2.05, 4.69) is 0 Å². The van der Waals surface area contributed by atoms with Crippen LogP contribution in [0, 0.1) is 0 Å². The maximum atomic E-state index is 15.3. The molecule has 20 heteroatoms. The minimum absolute atomic E-state index is 0.0272. The fourth-order valence-electron chi connectivity index (χ4n) is 9.51. The Morgan fingerprint density at radius 3 is 1.04 bits per heavy atom. The molecule has 0 atom stereocenters. The number of halogens is 12. The minimum atomic E-state index is -6.20. The molecule has 0 spiro atoms. The molecule has 398 valence electrons. The van der Waals surface area contributed by atoms with Crippen molar-refractivity contribution >= 4 is 29.3 Å². The number of alkyl halides is 12. The Hall–Kier alpha value is -7.64. The van der Waals surface area contributed by atoms with Gasteiger partial charge in [0.2, 0.25) is 10.8 Å². The maximum absolute atomic E-state index is 15.3. The van der Waals surface area contributed by atoms with E-state index in [1.807, 2.05) is 32.9 Å². The highest BCUT2D eigenvalue weighted by molar-refractivity contribution is 6.34. The summed E-state index contributed by atoms with van der Waals surface area (Å²) in [7, 11) is 0. The average molecular weight is 1070 g/mol. The van der Waals surface area contributed by atoms with Crippen molar-refractivity contribution in [3.8, 4) is 23.0 Å². The van der Waals surface area contributed by atoms with E-state index in [0.717, 1.165) is 65.4 Å². The molecule has 0 saturated carbocycles. The normalized spacial score (nSPS) is 14.9. The largest absolute Gasteiger partial charge is 0.457 e. The number of hydrogen-bond acceptors (Lipinski definition) is 6. The number of carbonyl (C=O) groups excluding carboxylic acids is 4. The number of benzene rings is 6. The SMILES string of the molecule is CCC(C)(C)c1ccc(Oc2ccc(C(c3ccc(Oc4ccc(N5C(=O)c6ccc(C(c7ccc8c(c7)C(=O)N(C(C)(C)CC)C8=O)(C(F)(F)F)C(F)(F)F)cc6C5=O)cc4)cc3)(C(F)(F)F)C(F)(F)F)cc2)cc1. The number of nitrogens with zero attached hydrogens (tertiary/aromatic N) is 2. The zero-order valence-electron chi connectivity index (χ0n) is 41.0. The summed E-state index contributed by atoms with van der Waals surface area (Å²) in [4.78, 5) is 55.3. The van der Waals surface area contributed by atoms with Gasteiger partial charge in [-0.15, -0.1) is 0 Å². The predicted molar refractivity (Wildman–Crippen MR) is 254 cm³/mol. The number of carbonyl (C=O) groups is 4. The molecule has 0 bridgehead atoms. The van der Waals surface area contributed by atoms with Crippen molar-refractivity contribution in [2.45, 2.75) is 101 Å². The van der Waals surface area contributed by atoms with Gasteiger partial charge >= 0.3 is 24.7 Å². The van der Waals surface area contributed by atoms with Crippen LogP contribution in [-0.2, 0) is 16.2 Å². The van der Waals surface area contributed by atoms with Crippen LogP contribution in [0.4, 0.5) is 58.4 Å². The van der Waals surface area contributed by atoms with E-state index in [-0.39, 0.29) is 40.8 Å². The van der Waals surface area contributed by atoms with Gasteiger partial charge in [0.15, 0.2) is 0 Å². The van der Waals surface area contributed by atoms with Gasteiger partial charge in [0.1, 0.15) is 23.0 Å². The summed E-state index contributed by atoms with van der Waals surface area (Å²) in [5.41, 5.74) is -18.0. The Bertz CT molecular complexity index is 3220. The highest BCUT2D eigenvalue weighted by atomic mass is 19.4. The smallest absolute Gasteiger partial charge is 0.411 e. The molecule has 0 N–H and O–H groups in total. The molecule has 2 aliphatic heterocycles. The van der Waals surface area contributed by atoms with Crippen molar-refractivity contribution in [3.63, 3.8) is 0 Å². The third kappa shape index (κ3) is 8.71. The quantitative estimate of drug-likeness (QED) is 0.0845. The first-order valence-corrected chi connectivity index (χ1v) is 23.4. The van der Waals surface area contributed by atoms with Crippen LogP contribution < -0.4 is 14.4 Å². The number of ether oxygens (including phenoxy) is 2. The van der Waals surface area contributed by atoms with Crippen LogP contribution in [-0.4, -0.2) is 58.8 Å². The number of amides is 4. The van der Waals surface area contributed by atoms with Gasteiger partial charge in [-0.2, -0.15) is 52.7 Å². The second-order valence-corrected chi connectivity index (χ2v) is 19.6. The molecule has 6 aromatic carbocycles. The first-order valence-electron chi connectivity index (χ1n) is 23.4. The van der Waals surface area contributed by atoms with Crippen LogP contribution in [0.2, 0.25) is 0 Å². The van der Waals surface area contributed by atoms with Crippen molar-refractivity contribution in [1.29, 1.82) is 0 Å². The van der Waals surface area contributed by atoms with Crippen molar-refractivity contribution in [2.24, 2.45) is 0 Å². The Labute approximate surface area is 426 Å². The van der Waals surface area contributed by atoms with E-state index >= 15 is 52.7 Å². The Morgan fingerprint density at radius 2 is 0.671 bits per heavy atom. The summed E-state index contributed by atoms with van der Waals surface area (Å²) >= 11 is 0. The molecule has 0 aliphatic carbocycles. The summed E-state index contributed by atoms with van der Waals surface area (Å²) in [6, 6.07) is 20.3. The summed E-state index contributed by atoms with van der Waals surface area (Å²) in [5.74, 6) is -4.64. The van der Waals surface area contributed by atoms with Gasteiger partial charge in [0.05, 0.1) is 27.9 Å². The highest BCUT2D eigenvalue weighted by Gasteiger charge is 2.74. The van der Waals surface area contributed by atoms with Gasteiger partial charge in [0, 0.05) is 5.54 Å². The summed E-state index contributed by atoms with van der Waals surface area (Å²) in [6.45, 7) is 10.7. The molecule has 2 aliphatic rings. The fourth-order valence-corrected chi connectivity index (χ4v) is 9.51. The number of hydrogen-bond donors (Lipinski definition) is 0. The molecule has 0 radical (unpaired) electrons. The topological polar surface area (TPSA) is 93.2 Å². The second kappa shape index (κ2) is 18.6. The molecule has 4 amide bonds. The summed E-state index contributed by atoms with van der Waals surface area (Å²) < 4.78 is 194. The van der Waals surface area contributed by atoms with Crippen molar-refractivity contribution in [1.82, 2.24) is 4.90 Å². The van der Waals surface area contributed by atoms with Crippen LogP contribution in [0.5, 0.6) is 23.0 Å². The van der Waals surface area contributed by atoms with Crippen LogP contribution in [0.25, 0.3) is 0 Å². The molecule has 2 heterocycles. The van der Waals surface area contributed by atoms with Gasteiger partial charge in [-0.1, -0.05) is 76.2 Å². The molecule has 0 fully saturated rings. The van der Waals surface area contributed by atoms with Crippen LogP contribution >= 0.6 is 0 Å². The standard InChI is InChI=1S/C56H44F12N2O6/c1-7-49(3,4)31-9-19-37(20-10-31)75-38-21-11-32(12-22-38)51(53(57,58)59,54(60,61)62)33-13-23-39(24-14-33)76-40-25-17-36(18-26-40)69-45(71)41-27-15-34(29-43(41)46(69)72)52(55(63,64)65,56(66,67)68)35-16-28-42-44(30-35)48(74)70(47(42)73)50(5,6)8-2/h9-30H,7-8H2,1-6H3. The summed E-state index contributed by atoms with van der Waals surface area (Å²) in [5, 5.41) is 0. The van der Waals surface area contributed by atoms with E-state index in [1.54, 1.807) is 19.1 Å². The molecule has 0 aromatic heterocycles. The Morgan fingerprint density at radius 1 is 0.368 bits per heavy atom. The predicted octanol–water partition coefficient (Wildman–Crippen LogP) is 15.4. The average Bonchev–Trinajstić information content (AvgIpc) is 3.78. The van der Waals surface area contributed by atoms with E-state index in [4.69, 9.17) is 9.47 Å². The lowest BCUT2D eigenvalue weighted by molar-refractivity contribution is -0.290. The third-order valence-electron chi connectivity index (χ3n) is 14.5. The fraction of sp³-hybridized carbons (Fsp3) is 0.286. The molecule has 8 nitrogen and oxygen atoms in total. The van der Waals surface area contributed by atoms with Crippen LogP contribution in [0.3, 0.4) is 0 Å². The highest BCUT2D eigenvalue weighted by Crippen LogP contribution is 2.59. The molecule has 6 aromatic rings. The van der Waals surface area contributed by atoms with Crippen molar-refractivity contribution in [2.75, 3.05) is 4.90 Å². The Kier molecular flexibility index (Phi) is 13.4. The zero-order chi connectivity index (χ0) is 55.9. The lowest BCUT2D eigenvalue weighted by Gasteiger charge is -2.38. The molecule has 8 rings (SSSR count).